The van der Waals surface area contributed by atoms with E-state index in [-0.39, 0.29) is 5.82 Å². The zero-order valence-corrected chi connectivity index (χ0v) is 11.5. The molecule has 2 heterocycles. The molecule has 0 aromatic carbocycles. The van der Waals surface area contributed by atoms with E-state index in [1.807, 2.05) is 4.90 Å². The van der Waals surface area contributed by atoms with Crippen LogP contribution in [0.15, 0.2) is 6.07 Å². The highest BCUT2D eigenvalue weighted by Crippen LogP contribution is 2.22. The lowest BCUT2D eigenvalue weighted by atomic mass is 9.98. The Balaban J connectivity index is 2.25. The number of rotatable bonds is 3. The van der Waals surface area contributed by atoms with Crippen molar-refractivity contribution in [2.75, 3.05) is 25.1 Å². The van der Waals surface area contributed by atoms with E-state index in [0.29, 0.717) is 24.5 Å². The minimum absolute atomic E-state index is 0.0000477. The number of ether oxygens (including phenoxy) is 1. The molecule has 2 rings (SSSR count). The maximum absolute atomic E-state index is 11.5. The van der Waals surface area contributed by atoms with Crippen molar-refractivity contribution in [3.8, 4) is 0 Å². The third kappa shape index (κ3) is 3.04. The highest BCUT2D eigenvalue weighted by atomic mass is 16.5. The van der Waals surface area contributed by atoms with Crippen molar-refractivity contribution in [1.29, 1.82) is 0 Å². The van der Waals surface area contributed by atoms with Gasteiger partial charge in [0.1, 0.15) is 5.82 Å². The smallest absolute Gasteiger partial charge is 0.376 e. The molecule has 7 nitrogen and oxygen atoms in total. The first-order valence-electron chi connectivity index (χ1n) is 6.43. The molecule has 1 fully saturated rings. The van der Waals surface area contributed by atoms with Crippen LogP contribution in [0.2, 0.25) is 0 Å². The van der Waals surface area contributed by atoms with Crippen molar-refractivity contribution in [2.45, 2.75) is 19.8 Å². The van der Waals surface area contributed by atoms with Crippen LogP contribution in [-0.4, -0.2) is 47.2 Å². The van der Waals surface area contributed by atoms with E-state index in [1.54, 1.807) is 13.0 Å². The summed E-state index contributed by atoms with van der Waals surface area (Å²) in [5.41, 5.74) is 0.646. The van der Waals surface area contributed by atoms with E-state index < -0.39 is 17.9 Å². The summed E-state index contributed by atoms with van der Waals surface area (Å²) in [7, 11) is 1.27. The van der Waals surface area contributed by atoms with Crippen molar-refractivity contribution in [2.24, 2.45) is 5.92 Å². The van der Waals surface area contributed by atoms with Crippen LogP contribution in [0.5, 0.6) is 0 Å². The summed E-state index contributed by atoms with van der Waals surface area (Å²) in [6, 6.07) is 1.75. The number of nitrogens with zero attached hydrogens (tertiary/aromatic N) is 3. The van der Waals surface area contributed by atoms with E-state index in [1.165, 1.54) is 7.11 Å². The minimum atomic E-state index is -0.798. The fourth-order valence-corrected chi connectivity index (χ4v) is 2.28. The number of methoxy groups -OCH3 is 1. The molecule has 1 aliphatic heterocycles. The lowest BCUT2D eigenvalue weighted by molar-refractivity contribution is -0.141. The molecule has 1 aromatic rings. The van der Waals surface area contributed by atoms with Gasteiger partial charge in [0.05, 0.1) is 13.0 Å². The molecular formula is C13H17N3O4. The Kier molecular flexibility index (Phi) is 4.16. The number of carboxylic acids is 1. The van der Waals surface area contributed by atoms with Crippen LogP contribution in [-0.2, 0) is 9.53 Å². The summed E-state index contributed by atoms with van der Waals surface area (Å²) >= 11 is 0. The van der Waals surface area contributed by atoms with Gasteiger partial charge in [0.15, 0.2) is 0 Å². The van der Waals surface area contributed by atoms with Gasteiger partial charge in [-0.05, 0) is 19.8 Å². The van der Waals surface area contributed by atoms with Gasteiger partial charge in [0.2, 0.25) is 5.82 Å². The predicted octanol–water partition coefficient (Wildman–Crippen LogP) is 0.873. The molecule has 0 radical (unpaired) electrons. The van der Waals surface area contributed by atoms with Gasteiger partial charge < -0.3 is 14.7 Å². The van der Waals surface area contributed by atoms with Crippen LogP contribution >= 0.6 is 0 Å². The second-order valence-corrected chi connectivity index (χ2v) is 4.81. The number of aryl methyl sites for hydroxylation is 1. The Morgan fingerprint density at radius 1 is 1.45 bits per heavy atom. The quantitative estimate of drug-likeness (QED) is 0.821. The third-order valence-corrected chi connectivity index (χ3v) is 3.30. The average molecular weight is 279 g/mol. The molecule has 0 aliphatic carbocycles. The van der Waals surface area contributed by atoms with Gasteiger partial charge in [0.25, 0.3) is 0 Å². The number of carboxylic acid groups (broad SMARTS) is 1. The average Bonchev–Trinajstić information content (AvgIpc) is 2.45. The number of aliphatic carboxylic acids is 1. The Morgan fingerprint density at radius 2 is 2.20 bits per heavy atom. The summed E-state index contributed by atoms with van der Waals surface area (Å²) in [6.45, 7) is 2.88. The Labute approximate surface area is 116 Å². The number of aromatic nitrogens is 2. The Bertz CT molecular complexity index is 532. The molecule has 1 unspecified atom stereocenters. The largest absolute Gasteiger partial charge is 0.481 e. The summed E-state index contributed by atoms with van der Waals surface area (Å²) in [6.07, 6.45) is 1.45. The summed E-state index contributed by atoms with van der Waals surface area (Å²) < 4.78 is 4.62. The Hall–Kier alpha value is -2.18. The Morgan fingerprint density at radius 3 is 2.85 bits per heavy atom. The SMILES string of the molecule is COC(=O)c1nc(C)cc(N2CCCC(C(=O)O)C2)n1. The van der Waals surface area contributed by atoms with Gasteiger partial charge in [-0.2, -0.15) is 0 Å². The van der Waals surface area contributed by atoms with Crippen molar-refractivity contribution in [3.05, 3.63) is 17.6 Å². The minimum Gasteiger partial charge on any atom is -0.481 e. The van der Waals surface area contributed by atoms with Crippen LogP contribution in [0, 0.1) is 12.8 Å². The van der Waals surface area contributed by atoms with Crippen LogP contribution in [0.25, 0.3) is 0 Å². The van der Waals surface area contributed by atoms with Gasteiger partial charge in [-0.15, -0.1) is 0 Å². The molecule has 1 atom stereocenters. The maximum Gasteiger partial charge on any atom is 0.376 e. The number of esters is 1. The van der Waals surface area contributed by atoms with Crippen molar-refractivity contribution >= 4 is 17.8 Å². The van der Waals surface area contributed by atoms with Gasteiger partial charge >= 0.3 is 11.9 Å². The first kappa shape index (κ1) is 14.2. The van der Waals surface area contributed by atoms with Gasteiger partial charge in [-0.3, -0.25) is 4.79 Å². The van der Waals surface area contributed by atoms with Crippen molar-refractivity contribution in [1.82, 2.24) is 9.97 Å². The number of piperidine rings is 1. The molecule has 1 aliphatic rings. The first-order valence-corrected chi connectivity index (χ1v) is 6.43. The van der Waals surface area contributed by atoms with Crippen molar-refractivity contribution < 1.29 is 19.4 Å². The summed E-state index contributed by atoms with van der Waals surface area (Å²) in [5, 5.41) is 9.10. The van der Waals surface area contributed by atoms with Crippen LogP contribution < -0.4 is 4.90 Å². The molecule has 1 saturated heterocycles. The van der Waals surface area contributed by atoms with E-state index >= 15 is 0 Å². The zero-order chi connectivity index (χ0) is 14.7. The van der Waals surface area contributed by atoms with E-state index in [2.05, 4.69) is 14.7 Å². The maximum atomic E-state index is 11.5. The van der Waals surface area contributed by atoms with E-state index in [9.17, 15) is 9.59 Å². The second kappa shape index (κ2) is 5.85. The molecular weight excluding hydrogens is 262 g/mol. The molecule has 7 heteroatoms. The van der Waals surface area contributed by atoms with Crippen LogP contribution in [0.1, 0.15) is 29.2 Å². The number of hydrogen-bond donors (Lipinski definition) is 1. The lowest BCUT2D eigenvalue weighted by Crippen LogP contribution is -2.39. The molecule has 108 valence electrons. The lowest BCUT2D eigenvalue weighted by Gasteiger charge is -2.31. The molecule has 0 bridgehead atoms. The fraction of sp³-hybridized carbons (Fsp3) is 0.538. The highest BCUT2D eigenvalue weighted by molar-refractivity contribution is 5.85. The van der Waals surface area contributed by atoms with E-state index in [0.717, 1.165) is 13.0 Å². The van der Waals surface area contributed by atoms with E-state index in [4.69, 9.17) is 5.11 Å². The first-order chi connectivity index (χ1) is 9.51. The van der Waals surface area contributed by atoms with Crippen molar-refractivity contribution in [3.63, 3.8) is 0 Å². The monoisotopic (exact) mass is 279 g/mol. The highest BCUT2D eigenvalue weighted by Gasteiger charge is 2.27. The topological polar surface area (TPSA) is 92.6 Å². The second-order valence-electron chi connectivity index (χ2n) is 4.81. The van der Waals surface area contributed by atoms with Gasteiger partial charge in [-0.1, -0.05) is 0 Å². The molecule has 1 aromatic heterocycles. The van der Waals surface area contributed by atoms with Crippen LogP contribution in [0.3, 0.4) is 0 Å². The van der Waals surface area contributed by atoms with Gasteiger partial charge in [0, 0.05) is 24.8 Å². The molecule has 20 heavy (non-hydrogen) atoms. The zero-order valence-electron chi connectivity index (χ0n) is 11.5. The predicted molar refractivity (Wildman–Crippen MR) is 70.7 cm³/mol. The number of carbonyl (C=O) groups is 2. The normalized spacial score (nSPS) is 18.7. The summed E-state index contributed by atoms with van der Waals surface area (Å²) in [5.74, 6) is -1.22. The number of carbonyl (C=O) groups excluding carboxylic acids is 1. The molecule has 1 N–H and O–H groups in total. The molecule has 0 spiro atoms. The van der Waals surface area contributed by atoms with Gasteiger partial charge in [-0.25, -0.2) is 14.8 Å². The van der Waals surface area contributed by atoms with Crippen LogP contribution in [0.4, 0.5) is 5.82 Å². The molecule has 0 amide bonds. The molecule has 0 saturated carbocycles. The number of anilines is 1. The standard InChI is InChI=1S/C13H17N3O4/c1-8-6-10(15-11(14-8)13(19)20-2)16-5-3-4-9(7-16)12(17)18/h6,9H,3-5,7H2,1-2H3,(H,17,18). The third-order valence-electron chi connectivity index (χ3n) is 3.30. The number of hydrogen-bond acceptors (Lipinski definition) is 6. The summed E-state index contributed by atoms with van der Waals surface area (Å²) in [4.78, 5) is 32.7. The fourth-order valence-electron chi connectivity index (χ4n) is 2.28.